The summed E-state index contributed by atoms with van der Waals surface area (Å²) in [6.07, 6.45) is 3.73. The molecule has 1 aromatic rings. The molecule has 0 atom stereocenters. The molecule has 0 unspecified atom stereocenters. The third-order valence-corrected chi connectivity index (χ3v) is 3.14. The number of nitrogens with zero attached hydrogens (tertiary/aromatic N) is 1. The van der Waals surface area contributed by atoms with Gasteiger partial charge in [0.1, 0.15) is 0 Å². The molecule has 4 heteroatoms. The number of nitrogens with two attached hydrogens (primary N) is 1. The quantitative estimate of drug-likeness (QED) is 0.784. The number of hydrogen-bond donors (Lipinski definition) is 2. The number of carboxylic acids is 1. The third kappa shape index (κ3) is 2.90. The van der Waals surface area contributed by atoms with Crippen LogP contribution in [0.5, 0.6) is 0 Å². The first kappa shape index (κ1) is 11.8. The van der Waals surface area contributed by atoms with Gasteiger partial charge in [-0.1, -0.05) is 6.07 Å². The number of hydrogen-bond acceptors (Lipinski definition) is 3. The molecule has 0 spiro atoms. The lowest BCUT2D eigenvalue weighted by atomic mass is 10.1. The maximum absolute atomic E-state index is 10.6. The van der Waals surface area contributed by atoms with Crippen LogP contribution >= 0.6 is 0 Å². The summed E-state index contributed by atoms with van der Waals surface area (Å²) in [6.45, 7) is 2.09. The number of aliphatic carboxylic acids is 1. The van der Waals surface area contributed by atoms with E-state index in [-0.39, 0.29) is 6.42 Å². The standard InChI is InChI=1S/C13H18N2O2/c14-11-8-10(9-13(16)17)4-5-12(11)15-6-2-1-3-7-15/h4-5,8H,1-3,6-7,9,14H2,(H,16,17). The SMILES string of the molecule is Nc1cc(CC(=O)O)ccc1N1CCCCC1. The van der Waals surface area contributed by atoms with Gasteiger partial charge in [-0.15, -0.1) is 0 Å². The molecule has 0 radical (unpaired) electrons. The fourth-order valence-electron chi connectivity index (χ4n) is 2.31. The van der Waals surface area contributed by atoms with Crippen molar-refractivity contribution >= 4 is 17.3 Å². The summed E-state index contributed by atoms with van der Waals surface area (Å²) in [6, 6.07) is 5.57. The van der Waals surface area contributed by atoms with E-state index in [2.05, 4.69) is 4.90 Å². The van der Waals surface area contributed by atoms with Crippen LogP contribution in [0.2, 0.25) is 0 Å². The smallest absolute Gasteiger partial charge is 0.307 e. The molecule has 1 aliphatic rings. The van der Waals surface area contributed by atoms with Gasteiger partial charge < -0.3 is 15.7 Å². The summed E-state index contributed by atoms with van der Waals surface area (Å²) in [5.41, 5.74) is 8.48. The number of nitrogen functional groups attached to an aromatic ring is 1. The largest absolute Gasteiger partial charge is 0.481 e. The van der Waals surface area contributed by atoms with Crippen molar-refractivity contribution in [1.82, 2.24) is 0 Å². The van der Waals surface area contributed by atoms with Crippen LogP contribution in [0.25, 0.3) is 0 Å². The Morgan fingerprint density at radius 2 is 2.00 bits per heavy atom. The molecule has 0 amide bonds. The van der Waals surface area contributed by atoms with E-state index in [0.29, 0.717) is 5.69 Å². The molecule has 1 heterocycles. The minimum atomic E-state index is -0.824. The molecule has 1 saturated heterocycles. The molecule has 3 N–H and O–H groups in total. The zero-order chi connectivity index (χ0) is 12.3. The molecule has 1 fully saturated rings. The summed E-state index contributed by atoms with van der Waals surface area (Å²) < 4.78 is 0. The monoisotopic (exact) mass is 234 g/mol. The van der Waals surface area contributed by atoms with Gasteiger partial charge in [0.05, 0.1) is 17.8 Å². The lowest BCUT2D eigenvalue weighted by Gasteiger charge is -2.30. The molecule has 17 heavy (non-hydrogen) atoms. The lowest BCUT2D eigenvalue weighted by molar-refractivity contribution is -0.136. The Kier molecular flexibility index (Phi) is 3.52. The fraction of sp³-hybridized carbons (Fsp3) is 0.462. The molecule has 1 aliphatic heterocycles. The zero-order valence-corrected chi connectivity index (χ0v) is 9.85. The van der Waals surface area contributed by atoms with E-state index < -0.39 is 5.97 Å². The number of anilines is 2. The molecule has 92 valence electrons. The second kappa shape index (κ2) is 5.08. The van der Waals surface area contributed by atoms with Crippen molar-refractivity contribution in [3.8, 4) is 0 Å². The van der Waals surface area contributed by atoms with E-state index in [1.165, 1.54) is 19.3 Å². The first-order valence-corrected chi connectivity index (χ1v) is 6.02. The maximum atomic E-state index is 10.6. The maximum Gasteiger partial charge on any atom is 0.307 e. The van der Waals surface area contributed by atoms with Gasteiger partial charge in [0, 0.05) is 13.1 Å². The van der Waals surface area contributed by atoms with Gasteiger partial charge in [0.25, 0.3) is 0 Å². The van der Waals surface area contributed by atoms with E-state index in [1.807, 2.05) is 12.1 Å². The Morgan fingerprint density at radius 1 is 1.29 bits per heavy atom. The van der Waals surface area contributed by atoms with Gasteiger partial charge in [-0.3, -0.25) is 4.79 Å². The van der Waals surface area contributed by atoms with Gasteiger partial charge in [-0.25, -0.2) is 0 Å². The zero-order valence-electron chi connectivity index (χ0n) is 9.85. The van der Waals surface area contributed by atoms with E-state index in [1.54, 1.807) is 6.07 Å². The normalized spacial score (nSPS) is 15.9. The molecule has 0 aromatic heterocycles. The summed E-state index contributed by atoms with van der Waals surface area (Å²) >= 11 is 0. The van der Waals surface area contributed by atoms with Gasteiger partial charge in [-0.05, 0) is 37.0 Å². The van der Waals surface area contributed by atoms with Crippen molar-refractivity contribution < 1.29 is 9.90 Å². The Morgan fingerprint density at radius 3 is 2.59 bits per heavy atom. The molecule has 0 saturated carbocycles. The molecular formula is C13H18N2O2. The van der Waals surface area contributed by atoms with Crippen LogP contribution in [0.1, 0.15) is 24.8 Å². The Balaban J connectivity index is 2.15. The van der Waals surface area contributed by atoms with Crippen LogP contribution in [0.4, 0.5) is 11.4 Å². The average Bonchev–Trinajstić information content (AvgIpc) is 2.29. The topological polar surface area (TPSA) is 66.6 Å². The number of piperidine rings is 1. The van der Waals surface area contributed by atoms with Crippen molar-refractivity contribution in [2.75, 3.05) is 23.7 Å². The molecule has 0 bridgehead atoms. The highest BCUT2D eigenvalue weighted by molar-refractivity contribution is 5.74. The summed E-state index contributed by atoms with van der Waals surface area (Å²) in [4.78, 5) is 12.9. The van der Waals surface area contributed by atoms with Gasteiger partial charge in [0.2, 0.25) is 0 Å². The summed E-state index contributed by atoms with van der Waals surface area (Å²) in [5, 5.41) is 8.72. The van der Waals surface area contributed by atoms with Crippen LogP contribution in [-0.4, -0.2) is 24.2 Å². The first-order valence-electron chi connectivity index (χ1n) is 6.02. The number of carboxylic acid groups (broad SMARTS) is 1. The molecular weight excluding hydrogens is 216 g/mol. The molecule has 1 aromatic carbocycles. The van der Waals surface area contributed by atoms with Crippen LogP contribution in [-0.2, 0) is 11.2 Å². The van der Waals surface area contributed by atoms with Crippen LogP contribution in [0, 0.1) is 0 Å². The van der Waals surface area contributed by atoms with Crippen molar-refractivity contribution in [2.24, 2.45) is 0 Å². The molecule has 2 rings (SSSR count). The van der Waals surface area contributed by atoms with Crippen molar-refractivity contribution in [1.29, 1.82) is 0 Å². The molecule has 0 aliphatic carbocycles. The van der Waals surface area contributed by atoms with Crippen molar-refractivity contribution in [3.63, 3.8) is 0 Å². The van der Waals surface area contributed by atoms with E-state index in [4.69, 9.17) is 10.8 Å². The highest BCUT2D eigenvalue weighted by Gasteiger charge is 2.13. The van der Waals surface area contributed by atoms with E-state index >= 15 is 0 Å². The minimum absolute atomic E-state index is 0.0322. The van der Waals surface area contributed by atoms with Crippen LogP contribution in [0.15, 0.2) is 18.2 Å². The highest BCUT2D eigenvalue weighted by Crippen LogP contribution is 2.27. The average molecular weight is 234 g/mol. The Labute approximate surface area is 101 Å². The summed E-state index contributed by atoms with van der Waals surface area (Å²) in [7, 11) is 0. The van der Waals surface area contributed by atoms with Crippen LogP contribution in [0.3, 0.4) is 0 Å². The first-order chi connectivity index (χ1) is 8.16. The fourth-order valence-corrected chi connectivity index (χ4v) is 2.31. The van der Waals surface area contributed by atoms with Gasteiger partial charge in [-0.2, -0.15) is 0 Å². The Bertz CT molecular complexity index is 412. The Hall–Kier alpha value is -1.71. The van der Waals surface area contributed by atoms with E-state index in [9.17, 15) is 4.79 Å². The van der Waals surface area contributed by atoms with Gasteiger partial charge >= 0.3 is 5.97 Å². The number of carbonyl (C=O) groups is 1. The van der Waals surface area contributed by atoms with Crippen molar-refractivity contribution in [2.45, 2.75) is 25.7 Å². The molecule has 4 nitrogen and oxygen atoms in total. The highest BCUT2D eigenvalue weighted by atomic mass is 16.4. The minimum Gasteiger partial charge on any atom is -0.481 e. The second-order valence-electron chi connectivity index (χ2n) is 4.51. The van der Waals surface area contributed by atoms with E-state index in [0.717, 1.165) is 24.3 Å². The summed E-state index contributed by atoms with van der Waals surface area (Å²) in [5.74, 6) is -0.824. The second-order valence-corrected chi connectivity index (χ2v) is 4.51. The third-order valence-electron chi connectivity index (χ3n) is 3.14. The van der Waals surface area contributed by atoms with Crippen LogP contribution < -0.4 is 10.6 Å². The predicted octanol–water partition coefficient (Wildman–Crippen LogP) is 1.89. The van der Waals surface area contributed by atoms with Crippen molar-refractivity contribution in [3.05, 3.63) is 23.8 Å². The van der Waals surface area contributed by atoms with Gasteiger partial charge in [0.15, 0.2) is 0 Å². The number of benzene rings is 1. The lowest BCUT2D eigenvalue weighted by Crippen LogP contribution is -2.30. The predicted molar refractivity (Wildman–Crippen MR) is 68.3 cm³/mol. The number of rotatable bonds is 3.